The fourth-order valence-corrected chi connectivity index (χ4v) is 1.77. The summed E-state index contributed by atoms with van der Waals surface area (Å²) in [4.78, 5) is 0. The third-order valence-corrected chi connectivity index (χ3v) is 3.16. The van der Waals surface area contributed by atoms with Crippen molar-refractivity contribution in [2.24, 2.45) is 0 Å². The SMILES string of the molecule is CCC(C)c1ccc(NCCc2nn[nH]n2)cc1. The van der Waals surface area contributed by atoms with Crippen LogP contribution in [-0.4, -0.2) is 27.2 Å². The molecule has 2 aromatic rings. The zero-order valence-corrected chi connectivity index (χ0v) is 10.8. The molecular weight excluding hydrogens is 226 g/mol. The highest BCUT2D eigenvalue weighted by Crippen LogP contribution is 2.20. The van der Waals surface area contributed by atoms with Gasteiger partial charge in [0, 0.05) is 18.7 Å². The molecule has 5 heteroatoms. The number of anilines is 1. The third-order valence-electron chi connectivity index (χ3n) is 3.16. The summed E-state index contributed by atoms with van der Waals surface area (Å²) in [5.41, 5.74) is 2.52. The first-order valence-electron chi connectivity index (χ1n) is 6.35. The third kappa shape index (κ3) is 3.29. The predicted molar refractivity (Wildman–Crippen MR) is 71.5 cm³/mol. The molecule has 0 saturated carbocycles. The van der Waals surface area contributed by atoms with E-state index >= 15 is 0 Å². The zero-order valence-electron chi connectivity index (χ0n) is 10.8. The number of nitrogens with one attached hydrogen (secondary N) is 2. The lowest BCUT2D eigenvalue weighted by atomic mass is 9.99. The van der Waals surface area contributed by atoms with Crippen LogP contribution in [-0.2, 0) is 6.42 Å². The molecule has 0 aliphatic heterocycles. The van der Waals surface area contributed by atoms with Crippen molar-refractivity contribution < 1.29 is 0 Å². The summed E-state index contributed by atoms with van der Waals surface area (Å²) in [7, 11) is 0. The van der Waals surface area contributed by atoms with Crippen LogP contribution in [0.1, 0.15) is 37.6 Å². The second-order valence-electron chi connectivity index (χ2n) is 4.44. The summed E-state index contributed by atoms with van der Waals surface area (Å²) in [6, 6.07) is 8.62. The van der Waals surface area contributed by atoms with Crippen molar-refractivity contribution in [2.75, 3.05) is 11.9 Å². The maximum absolute atomic E-state index is 3.91. The van der Waals surface area contributed by atoms with Crippen molar-refractivity contribution in [1.29, 1.82) is 0 Å². The molecule has 1 aromatic carbocycles. The molecule has 2 N–H and O–H groups in total. The van der Waals surface area contributed by atoms with Gasteiger partial charge in [0.05, 0.1) is 0 Å². The Balaban J connectivity index is 1.83. The molecule has 1 aromatic heterocycles. The van der Waals surface area contributed by atoms with Crippen LogP contribution in [0, 0.1) is 0 Å². The second-order valence-corrected chi connectivity index (χ2v) is 4.44. The van der Waals surface area contributed by atoms with Gasteiger partial charge in [-0.25, -0.2) is 0 Å². The fraction of sp³-hybridized carbons (Fsp3) is 0.462. The van der Waals surface area contributed by atoms with Crippen LogP contribution in [0.4, 0.5) is 5.69 Å². The van der Waals surface area contributed by atoms with Crippen LogP contribution in [0.5, 0.6) is 0 Å². The number of tetrazole rings is 1. The van der Waals surface area contributed by atoms with Crippen molar-refractivity contribution in [3.05, 3.63) is 35.7 Å². The highest BCUT2D eigenvalue weighted by molar-refractivity contribution is 5.45. The van der Waals surface area contributed by atoms with Gasteiger partial charge < -0.3 is 5.32 Å². The molecule has 2 rings (SSSR count). The Morgan fingerprint density at radius 2 is 2.06 bits per heavy atom. The predicted octanol–water partition coefficient (Wildman–Crippen LogP) is 2.37. The number of H-pyrrole nitrogens is 1. The smallest absolute Gasteiger partial charge is 0.176 e. The minimum absolute atomic E-state index is 0.624. The van der Waals surface area contributed by atoms with Gasteiger partial charge in [-0.1, -0.05) is 31.2 Å². The average Bonchev–Trinajstić information content (AvgIpc) is 2.92. The molecule has 1 atom stereocenters. The molecule has 1 heterocycles. The first-order valence-corrected chi connectivity index (χ1v) is 6.35. The molecular formula is C13H19N5. The minimum Gasteiger partial charge on any atom is -0.385 e. The molecule has 0 aliphatic carbocycles. The summed E-state index contributed by atoms with van der Waals surface area (Å²) >= 11 is 0. The monoisotopic (exact) mass is 245 g/mol. The van der Waals surface area contributed by atoms with Crippen LogP contribution < -0.4 is 5.32 Å². The molecule has 0 fully saturated rings. The van der Waals surface area contributed by atoms with E-state index in [0.29, 0.717) is 5.92 Å². The standard InChI is InChI=1S/C13H19N5/c1-3-10(2)11-4-6-12(7-5-11)14-9-8-13-15-17-18-16-13/h4-7,10,14H,3,8-9H2,1-2H3,(H,15,16,17,18). The lowest BCUT2D eigenvalue weighted by Gasteiger charge is -2.10. The van der Waals surface area contributed by atoms with Gasteiger partial charge in [-0.3, -0.25) is 0 Å². The van der Waals surface area contributed by atoms with E-state index in [0.717, 1.165) is 24.5 Å². The van der Waals surface area contributed by atoms with Crippen LogP contribution in [0.15, 0.2) is 24.3 Å². The van der Waals surface area contributed by atoms with E-state index < -0.39 is 0 Å². The highest BCUT2D eigenvalue weighted by atomic mass is 15.5. The Bertz CT molecular complexity index is 449. The van der Waals surface area contributed by atoms with Gasteiger partial charge in [-0.2, -0.15) is 5.21 Å². The fourth-order valence-electron chi connectivity index (χ4n) is 1.77. The molecule has 5 nitrogen and oxygen atoms in total. The summed E-state index contributed by atoms with van der Waals surface area (Å²) in [6.07, 6.45) is 1.94. The largest absolute Gasteiger partial charge is 0.385 e. The van der Waals surface area contributed by atoms with E-state index in [1.807, 2.05) is 0 Å². The van der Waals surface area contributed by atoms with E-state index in [1.165, 1.54) is 12.0 Å². The number of benzene rings is 1. The number of hydrogen-bond acceptors (Lipinski definition) is 4. The van der Waals surface area contributed by atoms with Gasteiger partial charge >= 0.3 is 0 Å². The van der Waals surface area contributed by atoms with Crippen molar-refractivity contribution >= 4 is 5.69 Å². The first kappa shape index (κ1) is 12.5. The quantitative estimate of drug-likeness (QED) is 0.820. The van der Waals surface area contributed by atoms with Gasteiger partial charge in [-0.15, -0.1) is 10.2 Å². The van der Waals surface area contributed by atoms with Crippen molar-refractivity contribution in [3.8, 4) is 0 Å². The Morgan fingerprint density at radius 1 is 1.28 bits per heavy atom. The van der Waals surface area contributed by atoms with Gasteiger partial charge in [0.2, 0.25) is 0 Å². The number of aromatic amines is 1. The number of hydrogen-bond donors (Lipinski definition) is 2. The number of nitrogens with zero attached hydrogens (tertiary/aromatic N) is 3. The van der Waals surface area contributed by atoms with Crippen LogP contribution >= 0.6 is 0 Å². The van der Waals surface area contributed by atoms with Crippen LogP contribution in [0.2, 0.25) is 0 Å². The van der Waals surface area contributed by atoms with E-state index in [2.05, 4.69) is 64.1 Å². The topological polar surface area (TPSA) is 66.5 Å². The van der Waals surface area contributed by atoms with Crippen molar-refractivity contribution in [1.82, 2.24) is 20.6 Å². The Hall–Kier alpha value is -1.91. The van der Waals surface area contributed by atoms with Gasteiger partial charge in [0.1, 0.15) is 0 Å². The normalized spacial score (nSPS) is 12.3. The van der Waals surface area contributed by atoms with Crippen molar-refractivity contribution in [3.63, 3.8) is 0 Å². The summed E-state index contributed by atoms with van der Waals surface area (Å²) in [6.45, 7) is 5.27. The van der Waals surface area contributed by atoms with E-state index in [-0.39, 0.29) is 0 Å². The zero-order chi connectivity index (χ0) is 12.8. The lowest BCUT2D eigenvalue weighted by Crippen LogP contribution is -2.06. The number of rotatable bonds is 6. The van der Waals surface area contributed by atoms with Gasteiger partial charge in [0.25, 0.3) is 0 Å². The van der Waals surface area contributed by atoms with Crippen LogP contribution in [0.3, 0.4) is 0 Å². The molecule has 0 bridgehead atoms. The van der Waals surface area contributed by atoms with Crippen LogP contribution in [0.25, 0.3) is 0 Å². The number of aromatic nitrogens is 4. The average molecular weight is 245 g/mol. The Labute approximate surface area is 107 Å². The maximum Gasteiger partial charge on any atom is 0.176 e. The molecule has 0 aliphatic rings. The highest BCUT2D eigenvalue weighted by Gasteiger charge is 2.02. The van der Waals surface area contributed by atoms with E-state index in [4.69, 9.17) is 0 Å². The molecule has 96 valence electrons. The maximum atomic E-state index is 3.91. The van der Waals surface area contributed by atoms with E-state index in [1.54, 1.807) is 0 Å². The summed E-state index contributed by atoms with van der Waals surface area (Å²) in [5.74, 6) is 1.36. The first-order chi connectivity index (χ1) is 8.79. The van der Waals surface area contributed by atoms with Gasteiger partial charge in [0.15, 0.2) is 5.82 Å². The lowest BCUT2D eigenvalue weighted by molar-refractivity contribution is 0.734. The molecule has 0 spiro atoms. The minimum atomic E-state index is 0.624. The molecule has 18 heavy (non-hydrogen) atoms. The summed E-state index contributed by atoms with van der Waals surface area (Å²) in [5, 5.41) is 17.1. The summed E-state index contributed by atoms with van der Waals surface area (Å²) < 4.78 is 0. The molecule has 0 amide bonds. The molecule has 0 saturated heterocycles. The Morgan fingerprint density at radius 3 is 2.67 bits per heavy atom. The molecule has 1 unspecified atom stereocenters. The Kier molecular flexibility index (Phi) is 4.28. The van der Waals surface area contributed by atoms with Crippen molar-refractivity contribution in [2.45, 2.75) is 32.6 Å². The molecule has 0 radical (unpaired) electrons. The van der Waals surface area contributed by atoms with E-state index in [9.17, 15) is 0 Å². The van der Waals surface area contributed by atoms with Gasteiger partial charge in [-0.05, 0) is 30.0 Å². The second kappa shape index (κ2) is 6.14.